The summed E-state index contributed by atoms with van der Waals surface area (Å²) >= 11 is 0. The van der Waals surface area contributed by atoms with Crippen molar-refractivity contribution in [2.24, 2.45) is 0 Å². The second-order valence-electron chi connectivity index (χ2n) is 2.94. The van der Waals surface area contributed by atoms with E-state index in [1.807, 2.05) is 0 Å². The smallest absolute Gasteiger partial charge is 0.312 e. The lowest BCUT2D eigenvalue weighted by atomic mass is 10.2. The second kappa shape index (κ2) is 5.09. The van der Waals surface area contributed by atoms with Gasteiger partial charge in [0.25, 0.3) is 0 Å². The van der Waals surface area contributed by atoms with Crippen LogP contribution in [0.5, 0.6) is 0 Å². The summed E-state index contributed by atoms with van der Waals surface area (Å²) in [6, 6.07) is 5.98. The van der Waals surface area contributed by atoms with Crippen LogP contribution in [-0.2, 0) is 16.1 Å². The summed E-state index contributed by atoms with van der Waals surface area (Å²) in [6.07, 6.45) is -0.603. The molecule has 1 aromatic carbocycles. The molecule has 0 unspecified atom stereocenters. The van der Waals surface area contributed by atoms with Crippen LogP contribution in [0.4, 0.5) is 4.39 Å². The van der Waals surface area contributed by atoms with E-state index in [2.05, 4.69) is 5.32 Å². The third-order valence-electron chi connectivity index (χ3n) is 1.75. The second-order valence-corrected chi connectivity index (χ2v) is 2.94. The van der Waals surface area contributed by atoms with E-state index in [1.54, 1.807) is 6.07 Å². The monoisotopic (exact) mass is 211 g/mol. The highest BCUT2D eigenvalue weighted by molar-refractivity contribution is 5.93. The van der Waals surface area contributed by atoms with Crippen molar-refractivity contribution in [1.82, 2.24) is 5.32 Å². The average molecular weight is 211 g/mol. The molecule has 0 spiro atoms. The van der Waals surface area contributed by atoms with Crippen LogP contribution in [0.25, 0.3) is 0 Å². The zero-order valence-corrected chi connectivity index (χ0v) is 7.87. The van der Waals surface area contributed by atoms with Gasteiger partial charge in [-0.05, 0) is 6.07 Å². The first-order valence-electron chi connectivity index (χ1n) is 4.31. The fourth-order valence-corrected chi connectivity index (χ4v) is 1.04. The van der Waals surface area contributed by atoms with E-state index in [9.17, 15) is 14.0 Å². The molecule has 1 aromatic rings. The quantitative estimate of drug-likeness (QED) is 0.727. The number of carbonyl (C=O) groups excluding carboxylic acids is 1. The highest BCUT2D eigenvalue weighted by Crippen LogP contribution is 2.05. The highest BCUT2D eigenvalue weighted by atomic mass is 19.1. The Bertz CT molecular complexity index is 379. The Morgan fingerprint density at radius 1 is 1.33 bits per heavy atom. The Morgan fingerprint density at radius 3 is 2.60 bits per heavy atom. The molecule has 1 rings (SSSR count). The molecule has 2 N–H and O–H groups in total. The SMILES string of the molecule is O=C(O)CC(=O)NCc1ccccc1F. The Labute approximate surface area is 85.7 Å². The first-order valence-corrected chi connectivity index (χ1v) is 4.31. The fourth-order valence-electron chi connectivity index (χ4n) is 1.04. The van der Waals surface area contributed by atoms with Crippen LogP contribution in [0, 0.1) is 5.82 Å². The number of benzene rings is 1. The van der Waals surface area contributed by atoms with Gasteiger partial charge in [0.1, 0.15) is 12.2 Å². The largest absolute Gasteiger partial charge is 0.481 e. The molecule has 4 nitrogen and oxygen atoms in total. The van der Waals surface area contributed by atoms with E-state index in [-0.39, 0.29) is 6.54 Å². The summed E-state index contributed by atoms with van der Waals surface area (Å²) < 4.78 is 13.0. The summed E-state index contributed by atoms with van der Waals surface area (Å²) in [5, 5.41) is 10.6. The zero-order valence-electron chi connectivity index (χ0n) is 7.87. The van der Waals surface area contributed by atoms with Gasteiger partial charge in [-0.15, -0.1) is 0 Å². The number of carboxylic acid groups (broad SMARTS) is 1. The number of nitrogens with one attached hydrogen (secondary N) is 1. The lowest BCUT2D eigenvalue weighted by molar-refractivity contribution is -0.140. The average Bonchev–Trinajstić information content (AvgIpc) is 2.15. The van der Waals surface area contributed by atoms with E-state index < -0.39 is 24.1 Å². The van der Waals surface area contributed by atoms with Crippen molar-refractivity contribution < 1.29 is 19.1 Å². The molecule has 0 heterocycles. The molecule has 0 radical (unpaired) electrons. The normalized spacial score (nSPS) is 9.67. The molecule has 80 valence electrons. The third kappa shape index (κ3) is 3.76. The Hall–Kier alpha value is -1.91. The van der Waals surface area contributed by atoms with Gasteiger partial charge >= 0.3 is 5.97 Å². The Balaban J connectivity index is 2.47. The number of amides is 1. The van der Waals surface area contributed by atoms with E-state index in [0.29, 0.717) is 5.56 Å². The predicted molar refractivity (Wildman–Crippen MR) is 50.5 cm³/mol. The lowest BCUT2D eigenvalue weighted by Crippen LogP contribution is -2.25. The first-order chi connectivity index (χ1) is 7.09. The number of hydrogen-bond donors (Lipinski definition) is 2. The van der Waals surface area contributed by atoms with E-state index in [0.717, 1.165) is 0 Å². The summed E-state index contributed by atoms with van der Waals surface area (Å²) in [4.78, 5) is 21.1. The van der Waals surface area contributed by atoms with Crippen molar-refractivity contribution in [3.05, 3.63) is 35.6 Å². The van der Waals surface area contributed by atoms with Gasteiger partial charge in [-0.25, -0.2) is 4.39 Å². The van der Waals surface area contributed by atoms with Crippen molar-refractivity contribution >= 4 is 11.9 Å². The molecule has 0 aliphatic rings. The molecule has 0 atom stereocenters. The van der Waals surface area contributed by atoms with Crippen molar-refractivity contribution in [1.29, 1.82) is 0 Å². The van der Waals surface area contributed by atoms with Gasteiger partial charge in [0.2, 0.25) is 5.91 Å². The minimum absolute atomic E-state index is 0.00120. The number of aliphatic carboxylic acids is 1. The molecule has 0 saturated carbocycles. The maximum Gasteiger partial charge on any atom is 0.312 e. The Morgan fingerprint density at radius 2 is 2.00 bits per heavy atom. The van der Waals surface area contributed by atoms with E-state index in [1.165, 1.54) is 18.2 Å². The summed E-state index contributed by atoms with van der Waals surface area (Å²) in [7, 11) is 0. The molecule has 0 aromatic heterocycles. The minimum atomic E-state index is -1.21. The van der Waals surface area contributed by atoms with Gasteiger partial charge in [-0.1, -0.05) is 18.2 Å². The van der Waals surface area contributed by atoms with Gasteiger partial charge in [-0.3, -0.25) is 9.59 Å². The highest BCUT2D eigenvalue weighted by Gasteiger charge is 2.07. The van der Waals surface area contributed by atoms with Crippen LogP contribution in [0.1, 0.15) is 12.0 Å². The molecule has 0 bridgehead atoms. The maximum atomic E-state index is 13.0. The minimum Gasteiger partial charge on any atom is -0.481 e. The zero-order chi connectivity index (χ0) is 11.3. The summed E-state index contributed by atoms with van der Waals surface area (Å²) in [6.45, 7) is -0.00120. The molecule has 1 amide bonds. The van der Waals surface area contributed by atoms with Crippen LogP contribution in [0.15, 0.2) is 24.3 Å². The molecule has 5 heteroatoms. The van der Waals surface area contributed by atoms with Crippen LogP contribution in [-0.4, -0.2) is 17.0 Å². The van der Waals surface area contributed by atoms with Crippen molar-refractivity contribution in [2.75, 3.05) is 0 Å². The molecule has 0 saturated heterocycles. The van der Waals surface area contributed by atoms with Gasteiger partial charge in [-0.2, -0.15) is 0 Å². The fraction of sp³-hybridized carbons (Fsp3) is 0.200. The predicted octanol–water partition coefficient (Wildman–Crippen LogP) is 0.917. The molecular weight excluding hydrogens is 201 g/mol. The summed E-state index contributed by atoms with van der Waals surface area (Å²) in [5.74, 6) is -2.26. The van der Waals surface area contributed by atoms with Gasteiger partial charge < -0.3 is 10.4 Å². The van der Waals surface area contributed by atoms with Crippen molar-refractivity contribution in [2.45, 2.75) is 13.0 Å². The van der Waals surface area contributed by atoms with Gasteiger partial charge in [0.05, 0.1) is 0 Å². The molecule has 0 fully saturated rings. The topological polar surface area (TPSA) is 66.4 Å². The van der Waals surface area contributed by atoms with Gasteiger partial charge in [0, 0.05) is 12.1 Å². The van der Waals surface area contributed by atoms with E-state index in [4.69, 9.17) is 5.11 Å². The Kier molecular flexibility index (Phi) is 3.79. The standard InChI is InChI=1S/C10H10FNO3/c11-8-4-2-1-3-7(8)6-12-9(13)5-10(14)15/h1-4H,5-6H2,(H,12,13)(H,14,15). The van der Waals surface area contributed by atoms with Crippen molar-refractivity contribution in [3.63, 3.8) is 0 Å². The van der Waals surface area contributed by atoms with Crippen LogP contribution < -0.4 is 5.32 Å². The van der Waals surface area contributed by atoms with Crippen LogP contribution >= 0.6 is 0 Å². The first kappa shape index (κ1) is 11.2. The molecular formula is C10H10FNO3. The van der Waals surface area contributed by atoms with Gasteiger partial charge in [0.15, 0.2) is 0 Å². The van der Waals surface area contributed by atoms with Crippen LogP contribution in [0.2, 0.25) is 0 Å². The molecule has 15 heavy (non-hydrogen) atoms. The maximum absolute atomic E-state index is 13.0. The molecule has 0 aliphatic carbocycles. The number of rotatable bonds is 4. The number of halogens is 1. The lowest BCUT2D eigenvalue weighted by Gasteiger charge is -2.04. The van der Waals surface area contributed by atoms with E-state index >= 15 is 0 Å². The van der Waals surface area contributed by atoms with Crippen molar-refractivity contribution in [3.8, 4) is 0 Å². The summed E-state index contributed by atoms with van der Waals surface area (Å²) in [5.41, 5.74) is 0.330. The number of hydrogen-bond acceptors (Lipinski definition) is 2. The number of carbonyl (C=O) groups is 2. The van der Waals surface area contributed by atoms with Crippen LogP contribution in [0.3, 0.4) is 0 Å². The third-order valence-corrected chi connectivity index (χ3v) is 1.75. The number of carboxylic acids is 1. The molecule has 0 aliphatic heterocycles.